The smallest absolute Gasteiger partial charge is 0.435 e. The van der Waals surface area contributed by atoms with E-state index < -0.39 is 36.0 Å². The molecule has 1 saturated heterocycles. The van der Waals surface area contributed by atoms with Gasteiger partial charge in [-0.1, -0.05) is 5.21 Å². The van der Waals surface area contributed by atoms with E-state index in [9.17, 15) is 22.8 Å². The van der Waals surface area contributed by atoms with Crippen molar-refractivity contribution in [3.8, 4) is 0 Å². The van der Waals surface area contributed by atoms with E-state index in [4.69, 9.17) is 5.11 Å². The van der Waals surface area contributed by atoms with E-state index in [0.29, 0.717) is 17.8 Å². The number of halogens is 3. The Morgan fingerprint density at radius 2 is 1.85 bits per heavy atom. The normalized spacial score (nSPS) is 15.7. The molecule has 2 rings (SSSR count). The molecule has 0 saturated carbocycles. The number of aromatic nitrogens is 3. The number of carboxylic acids is 1. The lowest BCUT2D eigenvalue weighted by Crippen LogP contribution is -2.33. The number of carbonyl (C=O) groups excluding carboxylic acids is 1. The molecule has 0 radical (unpaired) electrons. The summed E-state index contributed by atoms with van der Waals surface area (Å²) in [6.07, 6.45) is -3.34. The zero-order valence-corrected chi connectivity index (χ0v) is 10.2. The van der Waals surface area contributed by atoms with Crippen LogP contribution in [0.25, 0.3) is 0 Å². The van der Waals surface area contributed by atoms with Gasteiger partial charge in [-0.3, -0.25) is 4.79 Å². The predicted molar refractivity (Wildman–Crippen MR) is 57.8 cm³/mol. The molecule has 1 aromatic rings. The van der Waals surface area contributed by atoms with Gasteiger partial charge in [-0.25, -0.2) is 9.48 Å². The number of amides is 1. The quantitative estimate of drug-likeness (QED) is 0.882. The summed E-state index contributed by atoms with van der Waals surface area (Å²) < 4.78 is 38.8. The van der Waals surface area contributed by atoms with Crippen molar-refractivity contribution >= 4 is 11.9 Å². The van der Waals surface area contributed by atoms with Crippen molar-refractivity contribution in [3.63, 3.8) is 0 Å². The van der Waals surface area contributed by atoms with Gasteiger partial charge in [0, 0.05) is 13.1 Å². The number of rotatable bonds is 3. The maximum atomic E-state index is 12.8. The van der Waals surface area contributed by atoms with Crippen molar-refractivity contribution < 1.29 is 27.9 Å². The van der Waals surface area contributed by atoms with Gasteiger partial charge in [-0.2, -0.15) is 13.2 Å². The van der Waals surface area contributed by atoms with Gasteiger partial charge in [0.1, 0.15) is 6.54 Å². The fourth-order valence-electron chi connectivity index (χ4n) is 2.04. The van der Waals surface area contributed by atoms with Crippen LogP contribution in [-0.2, 0) is 17.5 Å². The molecule has 10 heteroatoms. The van der Waals surface area contributed by atoms with Crippen LogP contribution in [-0.4, -0.2) is 50.0 Å². The fourth-order valence-corrected chi connectivity index (χ4v) is 2.04. The summed E-state index contributed by atoms with van der Waals surface area (Å²) in [5.41, 5.74) is -2.72. The Morgan fingerprint density at radius 3 is 2.35 bits per heavy atom. The standard InChI is InChI=1S/C10H11F3N4O3/c11-10(12,13)8-7(9(19)20)14-15-17(8)5-6(18)16-3-1-2-4-16/h1-5H2,(H,19,20). The molecule has 0 atom stereocenters. The SMILES string of the molecule is O=C(O)c1nnn(CC(=O)N2CCCC2)c1C(F)(F)F. The number of carboxylic acid groups (broad SMARTS) is 1. The molecule has 1 aliphatic rings. The number of hydrogen-bond donors (Lipinski definition) is 1. The molecule has 1 aromatic heterocycles. The van der Waals surface area contributed by atoms with Crippen molar-refractivity contribution in [2.45, 2.75) is 25.6 Å². The maximum Gasteiger partial charge on any atom is 0.435 e. The first-order valence-corrected chi connectivity index (χ1v) is 5.82. The molecule has 2 heterocycles. The third kappa shape index (κ3) is 2.73. The second-order valence-electron chi connectivity index (χ2n) is 4.34. The molecule has 0 aromatic carbocycles. The van der Waals surface area contributed by atoms with E-state index in [2.05, 4.69) is 10.3 Å². The van der Waals surface area contributed by atoms with E-state index in [1.165, 1.54) is 4.90 Å². The first-order valence-electron chi connectivity index (χ1n) is 5.82. The van der Waals surface area contributed by atoms with Gasteiger partial charge in [0.15, 0.2) is 5.69 Å². The van der Waals surface area contributed by atoms with Gasteiger partial charge in [0.05, 0.1) is 0 Å². The summed E-state index contributed by atoms with van der Waals surface area (Å²) in [4.78, 5) is 23.9. The Labute approximate surface area is 111 Å². The van der Waals surface area contributed by atoms with Crippen LogP contribution in [0.15, 0.2) is 0 Å². The molecular formula is C10H11F3N4O3. The predicted octanol–water partition coefficient (Wildman–Crippen LogP) is 0.617. The van der Waals surface area contributed by atoms with E-state index >= 15 is 0 Å². The number of likely N-dealkylation sites (tertiary alicyclic amines) is 1. The monoisotopic (exact) mass is 292 g/mol. The molecule has 0 unspecified atom stereocenters. The Hall–Kier alpha value is -2.13. The average molecular weight is 292 g/mol. The highest BCUT2D eigenvalue weighted by molar-refractivity contribution is 5.87. The second-order valence-corrected chi connectivity index (χ2v) is 4.34. The molecule has 110 valence electrons. The number of carbonyl (C=O) groups is 2. The zero-order chi connectivity index (χ0) is 14.9. The molecule has 0 aliphatic carbocycles. The molecule has 0 bridgehead atoms. The number of hydrogen-bond acceptors (Lipinski definition) is 4. The third-order valence-corrected chi connectivity index (χ3v) is 2.95. The molecule has 20 heavy (non-hydrogen) atoms. The molecule has 0 spiro atoms. The van der Waals surface area contributed by atoms with E-state index in [-0.39, 0.29) is 0 Å². The minimum absolute atomic E-state index is 0.296. The van der Waals surface area contributed by atoms with Gasteiger partial charge in [-0.05, 0) is 12.8 Å². The summed E-state index contributed by atoms with van der Waals surface area (Å²) in [7, 11) is 0. The van der Waals surface area contributed by atoms with Crippen LogP contribution in [0.1, 0.15) is 29.0 Å². The number of alkyl halides is 3. The highest BCUT2D eigenvalue weighted by Gasteiger charge is 2.42. The van der Waals surface area contributed by atoms with Crippen LogP contribution in [0.3, 0.4) is 0 Å². The van der Waals surface area contributed by atoms with E-state index in [1.807, 2.05) is 0 Å². The van der Waals surface area contributed by atoms with Crippen LogP contribution in [0.5, 0.6) is 0 Å². The average Bonchev–Trinajstić information content (AvgIpc) is 2.95. The summed E-state index contributed by atoms with van der Waals surface area (Å²) in [6, 6.07) is 0. The minimum Gasteiger partial charge on any atom is -0.476 e. The first kappa shape index (κ1) is 14.3. The Balaban J connectivity index is 2.27. The molecule has 1 aliphatic heterocycles. The van der Waals surface area contributed by atoms with Crippen molar-refractivity contribution in [2.75, 3.05) is 13.1 Å². The van der Waals surface area contributed by atoms with Crippen molar-refractivity contribution in [2.24, 2.45) is 0 Å². The van der Waals surface area contributed by atoms with Gasteiger partial charge in [-0.15, -0.1) is 5.10 Å². The highest BCUT2D eigenvalue weighted by Crippen LogP contribution is 2.31. The van der Waals surface area contributed by atoms with Crippen LogP contribution >= 0.6 is 0 Å². The van der Waals surface area contributed by atoms with E-state index in [1.54, 1.807) is 0 Å². The van der Waals surface area contributed by atoms with E-state index in [0.717, 1.165) is 12.8 Å². The zero-order valence-electron chi connectivity index (χ0n) is 10.2. The molecular weight excluding hydrogens is 281 g/mol. The third-order valence-electron chi connectivity index (χ3n) is 2.95. The topological polar surface area (TPSA) is 88.3 Å². The Kier molecular flexibility index (Phi) is 3.64. The second kappa shape index (κ2) is 5.10. The van der Waals surface area contributed by atoms with Crippen LogP contribution in [0.2, 0.25) is 0 Å². The number of aromatic carboxylic acids is 1. The molecule has 1 N–H and O–H groups in total. The molecule has 1 fully saturated rings. The molecule has 7 nitrogen and oxygen atoms in total. The summed E-state index contributed by atoms with van der Waals surface area (Å²) in [5, 5.41) is 14.8. The van der Waals surface area contributed by atoms with Gasteiger partial charge >= 0.3 is 12.1 Å². The molecule has 1 amide bonds. The fraction of sp³-hybridized carbons (Fsp3) is 0.600. The minimum atomic E-state index is -4.94. The van der Waals surface area contributed by atoms with Crippen LogP contribution < -0.4 is 0 Å². The van der Waals surface area contributed by atoms with Crippen molar-refractivity contribution in [1.29, 1.82) is 0 Å². The van der Waals surface area contributed by atoms with Crippen molar-refractivity contribution in [1.82, 2.24) is 19.9 Å². The lowest BCUT2D eigenvalue weighted by atomic mass is 10.3. The van der Waals surface area contributed by atoms with Crippen molar-refractivity contribution in [3.05, 3.63) is 11.4 Å². The largest absolute Gasteiger partial charge is 0.476 e. The van der Waals surface area contributed by atoms with Gasteiger partial charge in [0.2, 0.25) is 11.6 Å². The summed E-state index contributed by atoms with van der Waals surface area (Å²) in [6.45, 7) is 0.302. The first-order chi connectivity index (χ1) is 9.30. The van der Waals surface area contributed by atoms with Gasteiger partial charge < -0.3 is 10.0 Å². The lowest BCUT2D eigenvalue weighted by Gasteiger charge is -2.16. The maximum absolute atomic E-state index is 12.8. The Bertz CT molecular complexity index is 534. The van der Waals surface area contributed by atoms with Gasteiger partial charge in [0.25, 0.3) is 0 Å². The summed E-state index contributed by atoms with van der Waals surface area (Å²) in [5.74, 6) is -2.37. The lowest BCUT2D eigenvalue weighted by molar-refractivity contribution is -0.146. The highest BCUT2D eigenvalue weighted by atomic mass is 19.4. The Morgan fingerprint density at radius 1 is 1.25 bits per heavy atom. The number of nitrogens with zero attached hydrogens (tertiary/aromatic N) is 4. The van der Waals surface area contributed by atoms with Crippen LogP contribution in [0, 0.1) is 0 Å². The van der Waals surface area contributed by atoms with Crippen LogP contribution in [0.4, 0.5) is 13.2 Å². The summed E-state index contributed by atoms with van der Waals surface area (Å²) >= 11 is 0.